The summed E-state index contributed by atoms with van der Waals surface area (Å²) in [6.45, 7) is -0.106. The van der Waals surface area contributed by atoms with Crippen molar-refractivity contribution in [2.45, 2.75) is 12.8 Å². The largest absolute Gasteiger partial charge is 0.441 e. The average Bonchev–Trinajstić information content (AvgIpc) is 3.16. The van der Waals surface area contributed by atoms with Gasteiger partial charge in [-0.1, -0.05) is 39.7 Å². The second kappa shape index (κ2) is 9.52. The summed E-state index contributed by atoms with van der Waals surface area (Å²) >= 11 is 9.47. The Kier molecular flexibility index (Phi) is 6.84. The molecule has 28 heavy (non-hydrogen) atoms. The van der Waals surface area contributed by atoms with Crippen LogP contribution in [0.15, 0.2) is 63.6 Å². The van der Waals surface area contributed by atoms with Crippen molar-refractivity contribution in [2.75, 3.05) is 11.9 Å². The molecule has 3 rings (SSSR count). The predicted octanol–water partition coefficient (Wildman–Crippen LogP) is 4.45. The molecule has 1 heterocycles. The third kappa shape index (κ3) is 5.68. The molecule has 0 fully saturated rings. The van der Waals surface area contributed by atoms with E-state index >= 15 is 0 Å². The fourth-order valence-electron chi connectivity index (χ4n) is 2.44. The maximum Gasteiger partial charge on any atom is 0.243 e. The van der Waals surface area contributed by atoms with Crippen molar-refractivity contribution in [1.82, 2.24) is 10.3 Å². The minimum atomic E-state index is -0.298. The van der Waals surface area contributed by atoms with E-state index in [-0.39, 0.29) is 24.8 Å². The second-order valence-electron chi connectivity index (χ2n) is 5.93. The zero-order valence-corrected chi connectivity index (χ0v) is 17.1. The first kappa shape index (κ1) is 20.1. The van der Waals surface area contributed by atoms with Gasteiger partial charge in [0.05, 0.1) is 17.8 Å². The van der Waals surface area contributed by atoms with Gasteiger partial charge in [-0.05, 0) is 36.4 Å². The molecular weight excluding hydrogens is 446 g/mol. The number of carbonyl (C=O) groups is 2. The smallest absolute Gasteiger partial charge is 0.243 e. The van der Waals surface area contributed by atoms with Gasteiger partial charge in [-0.2, -0.15) is 0 Å². The molecule has 144 valence electrons. The van der Waals surface area contributed by atoms with Gasteiger partial charge in [0.1, 0.15) is 0 Å². The number of nitrogens with one attached hydrogen (secondary N) is 2. The minimum Gasteiger partial charge on any atom is -0.441 e. The van der Waals surface area contributed by atoms with Crippen LogP contribution in [-0.4, -0.2) is 23.3 Å². The second-order valence-corrected chi connectivity index (χ2v) is 7.25. The normalized spacial score (nSPS) is 10.5. The highest BCUT2D eigenvalue weighted by Crippen LogP contribution is 2.28. The molecule has 3 aromatic rings. The van der Waals surface area contributed by atoms with E-state index < -0.39 is 0 Å². The Bertz CT molecular complexity index is 973. The number of nitrogens with zero attached hydrogens (tertiary/aromatic N) is 1. The number of oxazole rings is 1. The molecule has 2 amide bonds. The number of halogens is 2. The van der Waals surface area contributed by atoms with Crippen molar-refractivity contribution in [3.8, 4) is 11.3 Å². The third-order valence-corrected chi connectivity index (χ3v) is 4.69. The highest BCUT2D eigenvalue weighted by atomic mass is 79.9. The lowest BCUT2D eigenvalue weighted by molar-refractivity contribution is -0.124. The Labute approximate surface area is 175 Å². The van der Waals surface area contributed by atoms with Crippen molar-refractivity contribution in [3.05, 3.63) is 70.1 Å². The van der Waals surface area contributed by atoms with Gasteiger partial charge in [-0.25, -0.2) is 4.98 Å². The summed E-state index contributed by atoms with van der Waals surface area (Å²) in [5.41, 5.74) is 1.41. The molecule has 0 saturated heterocycles. The van der Waals surface area contributed by atoms with Gasteiger partial charge in [-0.15, -0.1) is 0 Å². The maximum absolute atomic E-state index is 12.0. The first-order chi connectivity index (χ1) is 13.5. The van der Waals surface area contributed by atoms with Crippen LogP contribution in [0.2, 0.25) is 5.02 Å². The van der Waals surface area contributed by atoms with Gasteiger partial charge in [0, 0.05) is 28.6 Å². The molecule has 0 aliphatic rings. The Balaban J connectivity index is 1.44. The summed E-state index contributed by atoms with van der Waals surface area (Å²) in [6, 6.07) is 14.5. The minimum absolute atomic E-state index is 0.106. The number of benzene rings is 2. The number of aromatic nitrogens is 1. The lowest BCUT2D eigenvalue weighted by Gasteiger charge is -2.06. The van der Waals surface area contributed by atoms with Crippen LogP contribution in [0.25, 0.3) is 11.3 Å². The van der Waals surface area contributed by atoms with Crippen LogP contribution in [0, 0.1) is 0 Å². The number of rotatable bonds is 7. The lowest BCUT2D eigenvalue weighted by atomic mass is 10.2. The van der Waals surface area contributed by atoms with E-state index in [4.69, 9.17) is 16.0 Å². The zero-order valence-electron chi connectivity index (χ0n) is 14.7. The van der Waals surface area contributed by atoms with Gasteiger partial charge in [0.25, 0.3) is 0 Å². The molecule has 0 radical (unpaired) electrons. The highest BCUT2D eigenvalue weighted by Gasteiger charge is 2.12. The zero-order chi connectivity index (χ0) is 19.9. The van der Waals surface area contributed by atoms with Crippen LogP contribution in [0.4, 0.5) is 5.69 Å². The predicted molar refractivity (Wildman–Crippen MR) is 111 cm³/mol. The summed E-state index contributed by atoms with van der Waals surface area (Å²) in [6.07, 6.45) is 2.07. The molecule has 6 nitrogen and oxygen atoms in total. The molecule has 2 aromatic carbocycles. The lowest BCUT2D eigenvalue weighted by Crippen LogP contribution is -2.32. The Morgan fingerprint density at radius 2 is 1.82 bits per heavy atom. The number of hydrogen-bond donors (Lipinski definition) is 2. The molecule has 0 spiro atoms. The summed E-state index contributed by atoms with van der Waals surface area (Å²) < 4.78 is 6.58. The summed E-state index contributed by atoms with van der Waals surface area (Å²) in [5, 5.41) is 5.86. The van der Waals surface area contributed by atoms with Crippen LogP contribution >= 0.6 is 27.5 Å². The Morgan fingerprint density at radius 1 is 1.07 bits per heavy atom. The molecular formula is C20H17BrClN3O3. The van der Waals surface area contributed by atoms with Crippen molar-refractivity contribution in [2.24, 2.45) is 0 Å². The van der Waals surface area contributed by atoms with Crippen molar-refractivity contribution in [1.29, 1.82) is 0 Å². The first-order valence-corrected chi connectivity index (χ1v) is 9.70. The van der Waals surface area contributed by atoms with Gasteiger partial charge >= 0.3 is 0 Å². The Morgan fingerprint density at radius 3 is 2.57 bits per heavy atom. The van der Waals surface area contributed by atoms with E-state index in [1.165, 1.54) is 0 Å². The topological polar surface area (TPSA) is 84.2 Å². The average molecular weight is 463 g/mol. The number of aryl methyl sites for hydroxylation is 1. The van der Waals surface area contributed by atoms with E-state index in [9.17, 15) is 9.59 Å². The van der Waals surface area contributed by atoms with E-state index in [0.717, 1.165) is 10.0 Å². The van der Waals surface area contributed by atoms with Crippen LogP contribution in [0.1, 0.15) is 12.3 Å². The molecule has 2 N–H and O–H groups in total. The highest BCUT2D eigenvalue weighted by molar-refractivity contribution is 9.10. The molecule has 0 aliphatic carbocycles. The van der Waals surface area contributed by atoms with Gasteiger partial charge in [0.2, 0.25) is 11.8 Å². The van der Waals surface area contributed by atoms with Crippen molar-refractivity contribution in [3.63, 3.8) is 0 Å². The summed E-state index contributed by atoms with van der Waals surface area (Å²) in [7, 11) is 0. The Hall–Kier alpha value is -2.64. The summed E-state index contributed by atoms with van der Waals surface area (Å²) in [5.74, 6) is 0.426. The molecule has 1 aromatic heterocycles. The van der Waals surface area contributed by atoms with Crippen molar-refractivity contribution >= 4 is 45.0 Å². The molecule has 0 unspecified atom stereocenters. The monoisotopic (exact) mass is 461 g/mol. The molecule has 0 atom stereocenters. The maximum atomic E-state index is 12.0. The van der Waals surface area contributed by atoms with Gasteiger partial charge in [0.15, 0.2) is 11.7 Å². The van der Waals surface area contributed by atoms with E-state index in [0.29, 0.717) is 28.8 Å². The molecule has 0 bridgehead atoms. The van der Waals surface area contributed by atoms with E-state index in [1.54, 1.807) is 24.4 Å². The van der Waals surface area contributed by atoms with Crippen LogP contribution in [0.3, 0.4) is 0 Å². The first-order valence-electron chi connectivity index (χ1n) is 8.53. The van der Waals surface area contributed by atoms with Gasteiger partial charge in [-0.3, -0.25) is 9.59 Å². The molecule has 0 saturated carbocycles. The number of anilines is 1. The molecule has 0 aliphatic heterocycles. The van der Waals surface area contributed by atoms with Crippen LogP contribution in [-0.2, 0) is 16.0 Å². The third-order valence-electron chi connectivity index (χ3n) is 3.83. The quantitative estimate of drug-likeness (QED) is 0.543. The standard InChI is InChI=1S/C20H17BrClN3O3/c21-13-5-7-14(8-6-13)25-19(27)12-23-18(26)9-10-20-24-11-17(28-20)15-3-1-2-4-16(15)22/h1-8,11H,9-10,12H2,(H,23,26)(H,25,27). The summed E-state index contributed by atoms with van der Waals surface area (Å²) in [4.78, 5) is 28.0. The van der Waals surface area contributed by atoms with Crippen molar-refractivity contribution < 1.29 is 14.0 Å². The van der Waals surface area contributed by atoms with Crippen LogP contribution in [0.5, 0.6) is 0 Å². The molecule has 8 heteroatoms. The van der Waals surface area contributed by atoms with Crippen LogP contribution < -0.4 is 10.6 Å². The fraction of sp³-hybridized carbons (Fsp3) is 0.150. The van der Waals surface area contributed by atoms with E-state index in [1.807, 2.05) is 30.3 Å². The number of hydrogen-bond acceptors (Lipinski definition) is 4. The number of amides is 2. The number of carbonyl (C=O) groups excluding carboxylic acids is 2. The van der Waals surface area contributed by atoms with Gasteiger partial charge < -0.3 is 15.1 Å². The van der Waals surface area contributed by atoms with E-state index in [2.05, 4.69) is 31.5 Å². The fourth-order valence-corrected chi connectivity index (χ4v) is 2.93. The SMILES string of the molecule is O=C(CCc1ncc(-c2ccccc2Cl)o1)NCC(=O)Nc1ccc(Br)cc1.